The molecule has 0 aliphatic rings. The van der Waals surface area contributed by atoms with Gasteiger partial charge in [0, 0.05) is 0 Å². The van der Waals surface area contributed by atoms with Crippen molar-refractivity contribution in [2.45, 2.75) is 82.6 Å². The Kier molecular flexibility index (Phi) is 131. The van der Waals surface area contributed by atoms with Crippen LogP contribution in [0.15, 0.2) is 0 Å². The highest BCUT2D eigenvalue weighted by Gasteiger charge is 1.68. The summed E-state index contributed by atoms with van der Waals surface area (Å²) in [6.45, 7) is 19.0. The Hall–Kier alpha value is 0. The summed E-state index contributed by atoms with van der Waals surface area (Å²) in [7, 11) is 0. The monoisotopic (exact) mass is 192 g/mol. The van der Waals surface area contributed by atoms with E-state index in [2.05, 4.69) is 48.5 Å². The van der Waals surface area contributed by atoms with Crippen LogP contribution in [0.4, 0.5) is 0 Å². The van der Waals surface area contributed by atoms with Crippen LogP contribution in [0.5, 0.6) is 0 Å². The first kappa shape index (κ1) is 29.2. The zero-order valence-electron chi connectivity index (χ0n) is 11.0. The summed E-state index contributed by atoms with van der Waals surface area (Å²) in [5.74, 6) is 0.833. The van der Waals surface area contributed by atoms with Gasteiger partial charge in [0.25, 0.3) is 0 Å². The van der Waals surface area contributed by atoms with Gasteiger partial charge in [-0.05, 0) is 5.92 Å². The van der Waals surface area contributed by atoms with Crippen molar-refractivity contribution in [3.63, 3.8) is 0 Å². The van der Waals surface area contributed by atoms with Gasteiger partial charge in [0.15, 0.2) is 0 Å². The van der Waals surface area contributed by atoms with E-state index >= 15 is 0 Å². The fourth-order valence-corrected chi connectivity index (χ4v) is 0. The van der Waals surface area contributed by atoms with Crippen molar-refractivity contribution in [3.8, 4) is 0 Å². The smallest absolute Gasteiger partial charge is 0.0500 e. The predicted molar refractivity (Wildman–Crippen MR) is 70.5 cm³/mol. The zero-order chi connectivity index (χ0) is 11.0. The first-order chi connectivity index (χ1) is 5.56. The lowest BCUT2D eigenvalue weighted by Crippen LogP contribution is -1.66. The van der Waals surface area contributed by atoms with Crippen LogP contribution in [-0.2, 0) is 0 Å². The normalized spacial score (nSPS) is 6.00. The van der Waals surface area contributed by atoms with Crippen molar-refractivity contribution in [2.24, 2.45) is 5.92 Å². The van der Waals surface area contributed by atoms with Crippen molar-refractivity contribution in [1.82, 2.24) is 0 Å². The maximum atomic E-state index is 2.17. The van der Waals surface area contributed by atoms with Gasteiger partial charge in [-0.1, -0.05) is 82.6 Å². The average molecular weight is 192 g/mol. The molecule has 0 aromatic rings. The molecule has 0 unspecified atom stereocenters. The van der Waals surface area contributed by atoms with Gasteiger partial charge in [0.2, 0.25) is 0 Å². The average Bonchev–Trinajstić information content (AvgIpc) is 1.92. The molecule has 0 saturated heterocycles. The van der Waals surface area contributed by atoms with E-state index in [-0.39, 0.29) is 7.43 Å². The van der Waals surface area contributed by atoms with Gasteiger partial charge >= 0.3 is 0 Å². The summed E-state index contributed by atoms with van der Waals surface area (Å²) >= 11 is 0. The molecule has 0 N–H and O–H groups in total. The molecule has 0 aromatic heterocycles. The second kappa shape index (κ2) is 58.1. The fourth-order valence-electron chi connectivity index (χ4n) is 0. The van der Waals surface area contributed by atoms with E-state index in [0.29, 0.717) is 0 Å². The first-order valence-corrected chi connectivity index (χ1v) is 5.56. The Labute approximate surface area is 89.1 Å². The van der Waals surface area contributed by atoms with Crippen molar-refractivity contribution >= 4 is 0 Å². The van der Waals surface area contributed by atoms with E-state index in [1.54, 1.807) is 0 Å². The molecule has 0 spiro atoms. The minimum Gasteiger partial charge on any atom is -0.0776 e. The summed E-state index contributed by atoms with van der Waals surface area (Å²) in [5, 5.41) is 0. The van der Waals surface area contributed by atoms with E-state index in [1.807, 2.05) is 13.8 Å². The van der Waals surface area contributed by atoms with Crippen LogP contribution < -0.4 is 0 Å². The molecule has 0 atom stereocenters. The summed E-state index contributed by atoms with van der Waals surface area (Å²) in [6.07, 6.45) is 2.50. The van der Waals surface area contributed by atoms with Crippen molar-refractivity contribution in [3.05, 3.63) is 0 Å². The zero-order valence-corrected chi connectivity index (χ0v) is 11.0. The topological polar surface area (TPSA) is 0 Å². The molecular formula is C13H36. The molecular weight excluding hydrogens is 156 g/mol. The van der Waals surface area contributed by atoms with Crippen molar-refractivity contribution in [2.75, 3.05) is 0 Å². The molecule has 0 aliphatic heterocycles. The Morgan fingerprint density at radius 1 is 0.692 bits per heavy atom. The molecule has 0 heterocycles. The van der Waals surface area contributed by atoms with E-state index < -0.39 is 0 Å². The summed E-state index contributed by atoms with van der Waals surface area (Å²) < 4.78 is 0. The van der Waals surface area contributed by atoms with Gasteiger partial charge in [-0.25, -0.2) is 0 Å². The maximum absolute atomic E-state index is 2.17. The van der Waals surface area contributed by atoms with E-state index in [0.717, 1.165) is 5.92 Å². The molecule has 0 aromatic carbocycles. The third-order valence-electron chi connectivity index (χ3n) is 0. The van der Waals surface area contributed by atoms with E-state index in [9.17, 15) is 0 Å². The lowest BCUT2D eigenvalue weighted by Gasteiger charge is -1.79. The van der Waals surface area contributed by atoms with Crippen molar-refractivity contribution < 1.29 is 0 Å². The number of hydrogen-bond acceptors (Lipinski definition) is 0. The molecule has 0 aliphatic carbocycles. The molecule has 88 valence electrons. The summed E-state index contributed by atoms with van der Waals surface area (Å²) in [6, 6.07) is 0. The molecule has 0 saturated carbocycles. The Morgan fingerprint density at radius 3 is 0.692 bits per heavy atom. The Balaban J connectivity index is -0.0000000220. The highest BCUT2D eigenvalue weighted by molar-refractivity contribution is 4.20. The lowest BCUT2D eigenvalue weighted by atomic mass is 10.3. The minimum absolute atomic E-state index is 0. The molecule has 0 nitrogen and oxygen atoms in total. The van der Waals surface area contributed by atoms with E-state index in [4.69, 9.17) is 0 Å². The molecule has 0 heteroatoms. The summed E-state index contributed by atoms with van der Waals surface area (Å²) in [5.41, 5.74) is 0. The predicted octanol–water partition coefficient (Wildman–Crippen LogP) is 6.16. The maximum Gasteiger partial charge on any atom is -0.0500 e. The molecule has 13 heavy (non-hydrogen) atoms. The van der Waals surface area contributed by atoms with Gasteiger partial charge < -0.3 is 0 Å². The van der Waals surface area contributed by atoms with Crippen LogP contribution in [-0.4, -0.2) is 0 Å². The van der Waals surface area contributed by atoms with Gasteiger partial charge in [-0.2, -0.15) is 0 Å². The van der Waals surface area contributed by atoms with Crippen LogP contribution in [0.2, 0.25) is 0 Å². The van der Waals surface area contributed by atoms with Gasteiger partial charge in [0.1, 0.15) is 0 Å². The number of rotatable bonds is 0. The second-order valence-electron chi connectivity index (χ2n) is 3.15. The highest BCUT2D eigenvalue weighted by Crippen LogP contribution is 1.81. The van der Waals surface area contributed by atoms with Gasteiger partial charge in [0.05, 0.1) is 0 Å². The first-order valence-electron chi connectivity index (χ1n) is 5.56. The van der Waals surface area contributed by atoms with Crippen LogP contribution >= 0.6 is 0 Å². The van der Waals surface area contributed by atoms with E-state index in [1.165, 1.54) is 12.8 Å². The highest BCUT2D eigenvalue weighted by atomic mass is 13.7. The molecule has 0 amide bonds. The summed E-state index contributed by atoms with van der Waals surface area (Å²) in [4.78, 5) is 0. The van der Waals surface area contributed by atoms with Crippen LogP contribution in [0.1, 0.15) is 82.6 Å². The van der Waals surface area contributed by atoms with Crippen molar-refractivity contribution in [1.29, 1.82) is 0 Å². The molecule has 0 bridgehead atoms. The number of hydrogen-bond donors (Lipinski definition) is 0. The third kappa shape index (κ3) is 0. The Morgan fingerprint density at radius 2 is 0.692 bits per heavy atom. The quantitative estimate of drug-likeness (QED) is 0.431. The van der Waals surface area contributed by atoms with Gasteiger partial charge in [-0.15, -0.1) is 0 Å². The molecule has 0 rings (SSSR count). The Bertz CT molecular complexity index is 16.5. The minimum atomic E-state index is 0. The van der Waals surface area contributed by atoms with Gasteiger partial charge in [-0.3, -0.25) is 0 Å². The largest absolute Gasteiger partial charge is 0.0776 e. The fraction of sp³-hybridized carbons (Fsp3) is 1.00. The van der Waals surface area contributed by atoms with Crippen LogP contribution in [0.25, 0.3) is 0 Å². The second-order valence-corrected chi connectivity index (χ2v) is 3.15. The standard InChI is InChI=1S/C4H10.2C3H8.C2H6.CH4/c1-4(2)3;2*1-3-2;1-2;/h4H,1-3H3;2*3H2,1-2H3;1-2H3;1H4. The lowest BCUT2D eigenvalue weighted by molar-refractivity contribution is 0.737. The molecule has 0 radical (unpaired) electrons. The third-order valence-corrected chi connectivity index (χ3v) is 0. The van der Waals surface area contributed by atoms with Crippen LogP contribution in [0.3, 0.4) is 0 Å². The SMILES string of the molecule is C.CC.CC(C)C.CCC.CCC. The molecule has 0 fully saturated rings. The van der Waals surface area contributed by atoms with Crippen LogP contribution in [0, 0.1) is 5.92 Å².